The third kappa shape index (κ3) is 1.77. The second-order valence-corrected chi connectivity index (χ2v) is 3.72. The monoisotopic (exact) mass is 164 g/mol. The second kappa shape index (κ2) is 3.14. The summed E-state index contributed by atoms with van der Waals surface area (Å²) in [6.45, 7) is 2.31. The van der Waals surface area contributed by atoms with Gasteiger partial charge in [0.1, 0.15) is 0 Å². The van der Waals surface area contributed by atoms with E-state index in [0.29, 0.717) is 0 Å². The number of thiol groups is 1. The summed E-state index contributed by atoms with van der Waals surface area (Å²) in [5.74, 6) is 0. The molecule has 54 valence electrons. The predicted octanol–water partition coefficient (Wildman–Crippen LogP) is 0.725. The summed E-state index contributed by atoms with van der Waals surface area (Å²) in [4.78, 5) is 2.25. The van der Waals surface area contributed by atoms with Crippen molar-refractivity contribution in [3.05, 3.63) is 0 Å². The van der Waals surface area contributed by atoms with Crippen LogP contribution >= 0.6 is 22.6 Å². The van der Waals surface area contributed by atoms with E-state index in [2.05, 4.69) is 35.0 Å². The molecule has 0 unspecified atom stereocenters. The summed E-state index contributed by atoms with van der Waals surface area (Å²) in [7, 11) is 5.77. The van der Waals surface area contributed by atoms with E-state index in [4.69, 9.17) is 0 Å². The SMILES string of the molecule is CN(C)C1CN(SS)C1. The molecule has 0 amide bonds. The van der Waals surface area contributed by atoms with Gasteiger partial charge in [-0.2, -0.15) is 0 Å². The highest BCUT2D eigenvalue weighted by molar-refractivity contribution is 8.67. The van der Waals surface area contributed by atoms with Gasteiger partial charge in [0, 0.05) is 19.1 Å². The van der Waals surface area contributed by atoms with E-state index < -0.39 is 0 Å². The second-order valence-electron chi connectivity index (χ2n) is 2.55. The molecule has 1 aliphatic rings. The van der Waals surface area contributed by atoms with Crippen molar-refractivity contribution >= 4 is 22.6 Å². The van der Waals surface area contributed by atoms with Crippen LogP contribution in [-0.4, -0.2) is 42.4 Å². The summed E-state index contributed by atoms with van der Waals surface area (Å²) < 4.78 is 2.23. The molecule has 0 radical (unpaired) electrons. The molecule has 1 aliphatic heterocycles. The standard InChI is InChI=1S/C5H12N2S2/c1-6(2)5-3-7(4-5)9-8/h5,8H,3-4H2,1-2H3. The average Bonchev–Trinajstić information content (AvgIpc) is 1.61. The van der Waals surface area contributed by atoms with Crippen LogP contribution in [0.15, 0.2) is 0 Å². The number of nitrogens with zero attached hydrogens (tertiary/aromatic N) is 2. The lowest BCUT2D eigenvalue weighted by Gasteiger charge is -2.40. The van der Waals surface area contributed by atoms with Gasteiger partial charge in [-0.15, -0.1) is 0 Å². The Morgan fingerprint density at radius 1 is 1.56 bits per heavy atom. The van der Waals surface area contributed by atoms with Crippen molar-refractivity contribution in [1.82, 2.24) is 9.21 Å². The van der Waals surface area contributed by atoms with Gasteiger partial charge in [-0.1, -0.05) is 11.7 Å². The number of likely N-dealkylation sites (N-methyl/N-ethyl adjacent to an activating group) is 1. The molecule has 1 heterocycles. The van der Waals surface area contributed by atoms with Gasteiger partial charge in [0.15, 0.2) is 0 Å². The minimum Gasteiger partial charge on any atom is -0.304 e. The Labute approximate surface area is 65.5 Å². The third-order valence-electron chi connectivity index (χ3n) is 1.67. The quantitative estimate of drug-likeness (QED) is 0.365. The maximum atomic E-state index is 4.08. The smallest absolute Gasteiger partial charge is 0.0363 e. The predicted molar refractivity (Wildman–Crippen MR) is 45.6 cm³/mol. The zero-order valence-corrected chi connectivity index (χ0v) is 7.45. The van der Waals surface area contributed by atoms with Crippen molar-refractivity contribution in [2.75, 3.05) is 27.2 Å². The van der Waals surface area contributed by atoms with E-state index in [9.17, 15) is 0 Å². The molecule has 0 spiro atoms. The third-order valence-corrected chi connectivity index (χ3v) is 2.90. The molecule has 1 fully saturated rings. The van der Waals surface area contributed by atoms with Crippen molar-refractivity contribution in [3.63, 3.8) is 0 Å². The van der Waals surface area contributed by atoms with Crippen molar-refractivity contribution in [3.8, 4) is 0 Å². The molecule has 1 saturated heterocycles. The Bertz CT molecular complexity index is 91.0. The molecular weight excluding hydrogens is 152 g/mol. The van der Waals surface area contributed by atoms with Crippen molar-refractivity contribution in [2.45, 2.75) is 6.04 Å². The van der Waals surface area contributed by atoms with E-state index in [1.165, 1.54) is 11.0 Å². The first-order valence-corrected chi connectivity index (χ1v) is 4.79. The Balaban J connectivity index is 2.12. The summed E-state index contributed by atoms with van der Waals surface area (Å²) in [5.41, 5.74) is 0. The maximum Gasteiger partial charge on any atom is 0.0363 e. The molecule has 0 atom stereocenters. The molecule has 0 saturated carbocycles. The largest absolute Gasteiger partial charge is 0.304 e. The molecule has 0 aromatic heterocycles. The van der Waals surface area contributed by atoms with Gasteiger partial charge in [0.2, 0.25) is 0 Å². The summed E-state index contributed by atoms with van der Waals surface area (Å²) in [6, 6.07) is 0.754. The Morgan fingerprint density at radius 2 is 2.11 bits per heavy atom. The molecule has 1 rings (SSSR count). The van der Waals surface area contributed by atoms with Crippen molar-refractivity contribution in [2.24, 2.45) is 0 Å². The highest BCUT2D eigenvalue weighted by Crippen LogP contribution is 2.23. The fourth-order valence-electron chi connectivity index (χ4n) is 0.810. The van der Waals surface area contributed by atoms with Crippen LogP contribution in [0.3, 0.4) is 0 Å². The zero-order chi connectivity index (χ0) is 6.85. The Kier molecular flexibility index (Phi) is 2.70. The normalized spacial score (nSPS) is 22.7. The van der Waals surface area contributed by atoms with Crippen LogP contribution in [0.4, 0.5) is 0 Å². The Morgan fingerprint density at radius 3 is 2.44 bits per heavy atom. The van der Waals surface area contributed by atoms with E-state index in [0.717, 1.165) is 19.1 Å². The number of hydrogen-bond acceptors (Lipinski definition) is 4. The van der Waals surface area contributed by atoms with Crippen LogP contribution < -0.4 is 0 Å². The molecule has 9 heavy (non-hydrogen) atoms. The van der Waals surface area contributed by atoms with E-state index in [-0.39, 0.29) is 0 Å². The molecule has 0 bridgehead atoms. The minimum atomic E-state index is 0.754. The van der Waals surface area contributed by atoms with Crippen molar-refractivity contribution < 1.29 is 0 Å². The summed E-state index contributed by atoms with van der Waals surface area (Å²) in [5, 5.41) is 0. The highest BCUT2D eigenvalue weighted by Gasteiger charge is 2.27. The maximum absolute atomic E-state index is 4.08. The molecule has 0 aromatic carbocycles. The van der Waals surface area contributed by atoms with Gasteiger partial charge in [0.05, 0.1) is 0 Å². The topological polar surface area (TPSA) is 6.48 Å². The molecular formula is C5H12N2S2. The first-order chi connectivity index (χ1) is 4.24. The summed E-state index contributed by atoms with van der Waals surface area (Å²) >= 11 is 4.08. The van der Waals surface area contributed by atoms with Crippen LogP contribution in [0.1, 0.15) is 0 Å². The highest BCUT2D eigenvalue weighted by atomic mass is 33.1. The minimum absolute atomic E-state index is 0.754. The zero-order valence-electron chi connectivity index (χ0n) is 5.74. The average molecular weight is 164 g/mol. The van der Waals surface area contributed by atoms with Gasteiger partial charge in [-0.3, -0.25) is 0 Å². The molecule has 0 N–H and O–H groups in total. The van der Waals surface area contributed by atoms with E-state index in [1.54, 1.807) is 0 Å². The lowest BCUT2D eigenvalue weighted by Crippen LogP contribution is -2.53. The van der Waals surface area contributed by atoms with Gasteiger partial charge < -0.3 is 4.90 Å². The van der Waals surface area contributed by atoms with Gasteiger partial charge in [-0.25, -0.2) is 4.31 Å². The van der Waals surface area contributed by atoms with Crippen LogP contribution in [0.25, 0.3) is 0 Å². The fourth-order valence-corrected chi connectivity index (χ4v) is 1.69. The van der Waals surface area contributed by atoms with Crippen LogP contribution in [0.5, 0.6) is 0 Å². The Hall–Kier alpha value is 0.620. The van der Waals surface area contributed by atoms with Crippen LogP contribution in [0.2, 0.25) is 0 Å². The molecule has 2 nitrogen and oxygen atoms in total. The molecule has 0 aliphatic carbocycles. The molecule has 0 aromatic rings. The van der Waals surface area contributed by atoms with Crippen LogP contribution in [-0.2, 0) is 0 Å². The lowest BCUT2D eigenvalue weighted by molar-refractivity contribution is 0.145. The van der Waals surface area contributed by atoms with Crippen molar-refractivity contribution in [1.29, 1.82) is 0 Å². The van der Waals surface area contributed by atoms with Gasteiger partial charge >= 0.3 is 0 Å². The molecule has 4 heteroatoms. The van der Waals surface area contributed by atoms with E-state index in [1.807, 2.05) is 0 Å². The number of rotatable bonds is 2. The first-order valence-electron chi connectivity index (χ1n) is 2.97. The van der Waals surface area contributed by atoms with Gasteiger partial charge in [0.25, 0.3) is 0 Å². The first kappa shape index (κ1) is 7.72. The summed E-state index contributed by atoms with van der Waals surface area (Å²) in [6.07, 6.45) is 0. The fraction of sp³-hybridized carbons (Fsp3) is 1.00. The van der Waals surface area contributed by atoms with Crippen LogP contribution in [0, 0.1) is 0 Å². The van der Waals surface area contributed by atoms with E-state index >= 15 is 0 Å². The number of hydrogen-bond donors (Lipinski definition) is 1. The lowest BCUT2D eigenvalue weighted by atomic mass is 10.2. The van der Waals surface area contributed by atoms with Gasteiger partial charge in [-0.05, 0) is 25.1 Å².